The van der Waals surface area contributed by atoms with Gasteiger partial charge in [0.2, 0.25) is 0 Å². The second-order valence-corrected chi connectivity index (χ2v) is 4.79. The molecule has 19 heavy (non-hydrogen) atoms. The maximum atomic E-state index is 12.4. The zero-order valence-electron chi connectivity index (χ0n) is 11.7. The van der Waals surface area contributed by atoms with E-state index < -0.39 is 0 Å². The maximum Gasteiger partial charge on any atom is 0.276 e. The number of nitrogens with one attached hydrogen (secondary N) is 1. The predicted molar refractivity (Wildman–Crippen MR) is 70.0 cm³/mol. The number of amides is 1. The number of methoxy groups -OCH3 is 1. The van der Waals surface area contributed by atoms with Gasteiger partial charge < -0.3 is 15.0 Å². The summed E-state index contributed by atoms with van der Waals surface area (Å²) in [6, 6.07) is 0.346. The molecule has 1 aliphatic heterocycles. The Kier molecular flexibility index (Phi) is 4.49. The summed E-state index contributed by atoms with van der Waals surface area (Å²) in [7, 11) is 1.63. The van der Waals surface area contributed by atoms with Crippen LogP contribution in [0, 0.1) is 0 Å². The lowest BCUT2D eigenvalue weighted by Gasteiger charge is -2.27. The van der Waals surface area contributed by atoms with Crippen molar-refractivity contribution in [3.8, 4) is 0 Å². The minimum absolute atomic E-state index is 0.0259. The summed E-state index contributed by atoms with van der Waals surface area (Å²) in [4.78, 5) is 14.1. The van der Waals surface area contributed by atoms with Gasteiger partial charge in [-0.05, 0) is 13.8 Å². The lowest BCUT2D eigenvalue weighted by molar-refractivity contribution is 0.0573. The number of hydrogen-bond acceptors (Lipinski definition) is 5. The third-order valence-corrected chi connectivity index (χ3v) is 3.40. The van der Waals surface area contributed by atoms with Crippen LogP contribution in [0.5, 0.6) is 0 Å². The molecule has 1 fully saturated rings. The predicted octanol–water partition coefficient (Wildman–Crippen LogP) is -0.0806. The van der Waals surface area contributed by atoms with Gasteiger partial charge in [0.1, 0.15) is 0 Å². The Bertz CT molecular complexity index is 430. The van der Waals surface area contributed by atoms with Crippen molar-refractivity contribution in [1.82, 2.24) is 25.2 Å². The van der Waals surface area contributed by atoms with Crippen molar-refractivity contribution in [3.63, 3.8) is 0 Å². The summed E-state index contributed by atoms with van der Waals surface area (Å²) in [6.07, 6.45) is 1.73. The van der Waals surface area contributed by atoms with Gasteiger partial charge in [-0.3, -0.25) is 4.79 Å². The third-order valence-electron chi connectivity index (χ3n) is 3.40. The molecule has 2 rings (SSSR count). The highest BCUT2D eigenvalue weighted by Gasteiger charge is 2.25. The van der Waals surface area contributed by atoms with Crippen LogP contribution in [-0.2, 0) is 4.74 Å². The van der Waals surface area contributed by atoms with Crippen LogP contribution in [0.2, 0.25) is 0 Å². The Morgan fingerprint density at radius 3 is 2.95 bits per heavy atom. The van der Waals surface area contributed by atoms with Gasteiger partial charge in [0.05, 0.1) is 24.9 Å². The lowest BCUT2D eigenvalue weighted by Crippen LogP contribution is -2.43. The molecule has 1 amide bonds. The molecule has 0 spiro atoms. The van der Waals surface area contributed by atoms with Gasteiger partial charge in [-0.1, -0.05) is 5.21 Å². The first-order chi connectivity index (χ1) is 9.17. The minimum atomic E-state index is -0.0921. The maximum absolute atomic E-state index is 12.4. The van der Waals surface area contributed by atoms with E-state index in [9.17, 15) is 4.79 Å². The van der Waals surface area contributed by atoms with E-state index in [1.165, 1.54) is 0 Å². The molecule has 1 atom stereocenters. The van der Waals surface area contributed by atoms with Gasteiger partial charge in [0.15, 0.2) is 5.69 Å². The molecule has 0 aliphatic carbocycles. The van der Waals surface area contributed by atoms with E-state index in [2.05, 4.69) is 15.6 Å². The molecule has 1 saturated heterocycles. The molecule has 0 aromatic carbocycles. The van der Waals surface area contributed by atoms with E-state index in [-0.39, 0.29) is 11.9 Å². The Hall–Kier alpha value is -1.47. The molecule has 0 bridgehead atoms. The Morgan fingerprint density at radius 2 is 2.42 bits per heavy atom. The highest BCUT2D eigenvalue weighted by molar-refractivity contribution is 5.92. The fourth-order valence-corrected chi connectivity index (χ4v) is 2.15. The summed E-state index contributed by atoms with van der Waals surface area (Å²) < 4.78 is 6.86. The van der Waals surface area contributed by atoms with Gasteiger partial charge >= 0.3 is 0 Å². The van der Waals surface area contributed by atoms with E-state index >= 15 is 0 Å². The monoisotopic (exact) mass is 267 g/mol. The fourth-order valence-electron chi connectivity index (χ4n) is 2.15. The van der Waals surface area contributed by atoms with Crippen LogP contribution in [0.25, 0.3) is 0 Å². The molecule has 7 nitrogen and oxygen atoms in total. The largest absolute Gasteiger partial charge is 0.383 e. The first kappa shape index (κ1) is 14.0. The van der Waals surface area contributed by atoms with E-state index in [1.54, 1.807) is 22.9 Å². The average Bonchev–Trinajstić information content (AvgIpc) is 2.77. The highest BCUT2D eigenvalue weighted by atomic mass is 16.5. The van der Waals surface area contributed by atoms with Crippen LogP contribution in [-0.4, -0.2) is 65.2 Å². The Labute approximate surface area is 112 Å². The van der Waals surface area contributed by atoms with Crippen LogP contribution in [0.3, 0.4) is 0 Å². The van der Waals surface area contributed by atoms with Gasteiger partial charge in [-0.2, -0.15) is 0 Å². The number of aromatic nitrogens is 3. The molecule has 7 heteroatoms. The van der Waals surface area contributed by atoms with E-state index in [0.29, 0.717) is 24.9 Å². The topological polar surface area (TPSA) is 72.3 Å². The SMILES string of the molecule is CCN(C(=O)c1cn(C2CNC2)nn1)C(C)COC. The molecule has 1 unspecified atom stereocenters. The van der Waals surface area contributed by atoms with E-state index in [0.717, 1.165) is 13.1 Å². The van der Waals surface area contributed by atoms with Crippen LogP contribution in [0.4, 0.5) is 0 Å². The number of carbonyl (C=O) groups excluding carboxylic acids is 1. The summed E-state index contributed by atoms with van der Waals surface area (Å²) in [5, 5.41) is 11.2. The number of ether oxygens (including phenoxy) is 1. The zero-order chi connectivity index (χ0) is 13.8. The summed E-state index contributed by atoms with van der Waals surface area (Å²) in [5.74, 6) is -0.0921. The second kappa shape index (κ2) is 6.12. The van der Waals surface area contributed by atoms with Crippen LogP contribution in [0.1, 0.15) is 30.4 Å². The minimum Gasteiger partial charge on any atom is -0.383 e. The Morgan fingerprint density at radius 1 is 1.68 bits per heavy atom. The van der Waals surface area contributed by atoms with Crippen LogP contribution < -0.4 is 5.32 Å². The van der Waals surface area contributed by atoms with Gasteiger partial charge in [-0.15, -0.1) is 5.10 Å². The van der Waals surface area contributed by atoms with Crippen molar-refractivity contribution < 1.29 is 9.53 Å². The van der Waals surface area contributed by atoms with Gasteiger partial charge in [-0.25, -0.2) is 4.68 Å². The summed E-state index contributed by atoms with van der Waals surface area (Å²) in [6.45, 7) is 6.82. The first-order valence-corrected chi connectivity index (χ1v) is 6.59. The normalized spacial score (nSPS) is 17.0. The Balaban J connectivity index is 2.06. The van der Waals surface area contributed by atoms with Gasteiger partial charge in [0.25, 0.3) is 5.91 Å². The number of nitrogens with zero attached hydrogens (tertiary/aromatic N) is 4. The highest BCUT2D eigenvalue weighted by Crippen LogP contribution is 2.12. The van der Waals surface area contributed by atoms with Crippen molar-refractivity contribution >= 4 is 5.91 Å². The molecule has 1 aromatic heterocycles. The smallest absolute Gasteiger partial charge is 0.276 e. The van der Waals surface area contributed by atoms with Crippen molar-refractivity contribution in [3.05, 3.63) is 11.9 Å². The summed E-state index contributed by atoms with van der Waals surface area (Å²) in [5.41, 5.74) is 0.400. The van der Waals surface area contributed by atoms with Crippen molar-refractivity contribution in [1.29, 1.82) is 0 Å². The number of hydrogen-bond donors (Lipinski definition) is 1. The average molecular weight is 267 g/mol. The summed E-state index contributed by atoms with van der Waals surface area (Å²) >= 11 is 0. The van der Waals surface area contributed by atoms with Crippen LogP contribution in [0.15, 0.2) is 6.20 Å². The van der Waals surface area contributed by atoms with E-state index in [4.69, 9.17) is 4.74 Å². The zero-order valence-corrected chi connectivity index (χ0v) is 11.7. The van der Waals surface area contributed by atoms with E-state index in [1.807, 2.05) is 13.8 Å². The quantitative estimate of drug-likeness (QED) is 0.780. The number of carbonyl (C=O) groups is 1. The molecule has 1 N–H and O–H groups in total. The molecule has 0 radical (unpaired) electrons. The molecule has 106 valence electrons. The first-order valence-electron chi connectivity index (χ1n) is 6.59. The number of likely N-dealkylation sites (N-methyl/N-ethyl adjacent to an activating group) is 1. The third kappa shape index (κ3) is 2.93. The second-order valence-electron chi connectivity index (χ2n) is 4.79. The van der Waals surface area contributed by atoms with Crippen molar-refractivity contribution in [2.45, 2.75) is 25.9 Å². The fraction of sp³-hybridized carbons (Fsp3) is 0.750. The molecule has 2 heterocycles. The van der Waals surface area contributed by atoms with Crippen molar-refractivity contribution in [2.75, 3.05) is 33.4 Å². The molecule has 0 saturated carbocycles. The molecular formula is C12H21N5O2. The van der Waals surface area contributed by atoms with Gasteiger partial charge in [0, 0.05) is 26.7 Å². The standard InChI is InChI=1S/C12H21N5O2/c1-4-16(9(2)8-19-3)12(18)11-7-17(15-14-11)10-5-13-6-10/h7,9-10,13H,4-6,8H2,1-3H3. The van der Waals surface area contributed by atoms with Crippen molar-refractivity contribution in [2.24, 2.45) is 0 Å². The molecule has 1 aromatic rings. The van der Waals surface area contributed by atoms with Crippen LogP contribution >= 0.6 is 0 Å². The lowest BCUT2D eigenvalue weighted by atomic mass is 10.2. The molecular weight excluding hydrogens is 246 g/mol. The molecule has 1 aliphatic rings. The number of rotatable bonds is 6.